The predicted octanol–water partition coefficient (Wildman–Crippen LogP) is 4.73. The SMILES string of the molecule is CC(C)(C)OC(=O)Cc1ccc(CCO[Si](C)(C)C(C)(C)C)o1. The van der Waals surface area contributed by atoms with Crippen LogP contribution in [0.3, 0.4) is 0 Å². The molecule has 0 bridgehead atoms. The van der Waals surface area contributed by atoms with Crippen molar-refractivity contribution >= 4 is 14.3 Å². The molecule has 0 unspecified atom stereocenters. The van der Waals surface area contributed by atoms with Crippen molar-refractivity contribution in [2.45, 2.75) is 78.1 Å². The van der Waals surface area contributed by atoms with Crippen LogP contribution in [0.1, 0.15) is 53.1 Å². The van der Waals surface area contributed by atoms with Crippen LogP contribution in [0.25, 0.3) is 0 Å². The second kappa shape index (κ2) is 7.22. The van der Waals surface area contributed by atoms with Gasteiger partial charge in [0.2, 0.25) is 0 Å². The fourth-order valence-electron chi connectivity index (χ4n) is 1.79. The number of carbonyl (C=O) groups excluding carboxylic acids is 1. The molecule has 1 heterocycles. The van der Waals surface area contributed by atoms with Gasteiger partial charge in [0.25, 0.3) is 0 Å². The molecule has 0 saturated heterocycles. The highest BCUT2D eigenvalue weighted by atomic mass is 28.4. The number of hydrogen-bond acceptors (Lipinski definition) is 4. The fourth-order valence-corrected chi connectivity index (χ4v) is 2.84. The maximum Gasteiger partial charge on any atom is 0.314 e. The van der Waals surface area contributed by atoms with Crippen LogP contribution in [0.2, 0.25) is 18.1 Å². The van der Waals surface area contributed by atoms with E-state index in [1.54, 1.807) is 0 Å². The molecule has 0 N–H and O–H groups in total. The summed E-state index contributed by atoms with van der Waals surface area (Å²) in [5.41, 5.74) is -0.469. The zero-order chi connectivity index (χ0) is 17.9. The maximum absolute atomic E-state index is 11.8. The second-order valence-corrected chi connectivity index (χ2v) is 13.3. The van der Waals surface area contributed by atoms with Crippen LogP contribution in [0, 0.1) is 0 Å². The molecule has 1 rings (SSSR count). The summed E-state index contributed by atoms with van der Waals surface area (Å²) in [7, 11) is -1.72. The first kappa shape index (κ1) is 20.0. The summed E-state index contributed by atoms with van der Waals surface area (Å²) < 4.78 is 17.1. The van der Waals surface area contributed by atoms with Gasteiger partial charge in [0.1, 0.15) is 23.5 Å². The highest BCUT2D eigenvalue weighted by Crippen LogP contribution is 2.36. The summed E-state index contributed by atoms with van der Waals surface area (Å²) in [6, 6.07) is 3.75. The first-order valence-electron chi connectivity index (χ1n) is 8.23. The fraction of sp³-hybridized carbons (Fsp3) is 0.722. The van der Waals surface area contributed by atoms with Gasteiger partial charge in [0.05, 0.1) is 0 Å². The van der Waals surface area contributed by atoms with Crippen molar-refractivity contribution in [1.29, 1.82) is 0 Å². The van der Waals surface area contributed by atoms with Gasteiger partial charge in [-0.05, 0) is 51.0 Å². The molecule has 0 saturated carbocycles. The number of ether oxygens (including phenoxy) is 1. The van der Waals surface area contributed by atoms with Gasteiger partial charge in [0, 0.05) is 13.0 Å². The highest BCUT2D eigenvalue weighted by Gasteiger charge is 2.36. The topological polar surface area (TPSA) is 48.7 Å². The minimum absolute atomic E-state index is 0.167. The van der Waals surface area contributed by atoms with Crippen molar-refractivity contribution in [1.82, 2.24) is 0 Å². The molecule has 0 spiro atoms. The number of esters is 1. The third-order valence-electron chi connectivity index (χ3n) is 4.07. The lowest BCUT2D eigenvalue weighted by molar-refractivity contribution is -0.154. The van der Waals surface area contributed by atoms with Crippen LogP contribution in [-0.4, -0.2) is 26.5 Å². The van der Waals surface area contributed by atoms with Crippen molar-refractivity contribution < 1.29 is 18.4 Å². The van der Waals surface area contributed by atoms with E-state index in [2.05, 4.69) is 33.9 Å². The van der Waals surface area contributed by atoms with E-state index in [1.807, 2.05) is 32.9 Å². The molecule has 0 amide bonds. The van der Waals surface area contributed by atoms with Gasteiger partial charge in [0.15, 0.2) is 8.32 Å². The molecule has 5 heteroatoms. The van der Waals surface area contributed by atoms with E-state index in [0.717, 1.165) is 12.2 Å². The lowest BCUT2D eigenvalue weighted by atomic mass is 10.2. The molecule has 0 fully saturated rings. The smallest absolute Gasteiger partial charge is 0.314 e. The summed E-state index contributed by atoms with van der Waals surface area (Å²) in [4.78, 5) is 11.8. The van der Waals surface area contributed by atoms with Gasteiger partial charge in [-0.15, -0.1) is 0 Å². The molecule has 0 aliphatic carbocycles. The zero-order valence-electron chi connectivity index (χ0n) is 15.9. The first-order chi connectivity index (χ1) is 10.3. The van der Waals surface area contributed by atoms with Crippen molar-refractivity contribution in [2.75, 3.05) is 6.61 Å². The molecular formula is C18H32O4Si. The maximum atomic E-state index is 11.8. The summed E-state index contributed by atoms with van der Waals surface area (Å²) in [5.74, 6) is 1.22. The van der Waals surface area contributed by atoms with Crippen molar-refractivity contribution in [3.63, 3.8) is 0 Å². The third kappa shape index (κ3) is 6.91. The van der Waals surface area contributed by atoms with Gasteiger partial charge in [-0.1, -0.05) is 20.8 Å². The standard InChI is InChI=1S/C18H32O4Si/c1-17(2,3)22-16(19)13-15-10-9-14(21-15)11-12-20-23(7,8)18(4,5)6/h9-10H,11-13H2,1-8H3. The van der Waals surface area contributed by atoms with E-state index in [4.69, 9.17) is 13.6 Å². The summed E-state index contributed by atoms with van der Waals surface area (Å²) in [6.07, 6.45) is 0.890. The van der Waals surface area contributed by atoms with Crippen LogP contribution < -0.4 is 0 Å². The minimum Gasteiger partial charge on any atom is -0.465 e. The van der Waals surface area contributed by atoms with E-state index in [0.29, 0.717) is 12.4 Å². The van der Waals surface area contributed by atoms with Gasteiger partial charge in [-0.3, -0.25) is 4.79 Å². The lowest BCUT2D eigenvalue weighted by Crippen LogP contribution is -2.41. The van der Waals surface area contributed by atoms with Crippen molar-refractivity contribution in [3.8, 4) is 0 Å². The molecule has 1 aromatic heterocycles. The van der Waals surface area contributed by atoms with Crippen LogP contribution in [0.15, 0.2) is 16.5 Å². The highest BCUT2D eigenvalue weighted by molar-refractivity contribution is 6.74. The Hall–Kier alpha value is -1.07. The minimum atomic E-state index is -1.72. The molecule has 132 valence electrons. The number of furan rings is 1. The Morgan fingerprint density at radius 1 is 1.09 bits per heavy atom. The molecule has 1 aromatic rings. The number of carbonyl (C=O) groups is 1. The first-order valence-corrected chi connectivity index (χ1v) is 11.1. The van der Waals surface area contributed by atoms with Crippen LogP contribution in [-0.2, 0) is 26.8 Å². The monoisotopic (exact) mass is 340 g/mol. The molecule has 0 aliphatic rings. The van der Waals surface area contributed by atoms with Gasteiger partial charge in [-0.25, -0.2) is 0 Å². The molecule has 0 radical (unpaired) electrons. The Morgan fingerprint density at radius 3 is 2.17 bits per heavy atom. The van der Waals surface area contributed by atoms with E-state index in [9.17, 15) is 4.79 Å². The Labute approximate surface area is 141 Å². The average Bonchev–Trinajstić information content (AvgIpc) is 2.72. The van der Waals surface area contributed by atoms with Gasteiger partial charge < -0.3 is 13.6 Å². The predicted molar refractivity (Wildman–Crippen MR) is 95.1 cm³/mol. The quantitative estimate of drug-likeness (QED) is 0.555. The Balaban J connectivity index is 2.47. The average molecular weight is 341 g/mol. The Kier molecular flexibility index (Phi) is 6.27. The van der Waals surface area contributed by atoms with E-state index in [1.165, 1.54) is 0 Å². The van der Waals surface area contributed by atoms with Crippen molar-refractivity contribution in [3.05, 3.63) is 23.7 Å². The largest absolute Gasteiger partial charge is 0.465 e. The van der Waals surface area contributed by atoms with Crippen LogP contribution in [0.4, 0.5) is 0 Å². The van der Waals surface area contributed by atoms with Gasteiger partial charge >= 0.3 is 5.97 Å². The van der Waals surface area contributed by atoms with Crippen LogP contribution >= 0.6 is 0 Å². The number of rotatable bonds is 6. The number of hydrogen-bond donors (Lipinski definition) is 0. The van der Waals surface area contributed by atoms with E-state index in [-0.39, 0.29) is 17.4 Å². The lowest BCUT2D eigenvalue weighted by Gasteiger charge is -2.36. The Bertz CT molecular complexity index is 518. The molecule has 0 aliphatic heterocycles. The zero-order valence-corrected chi connectivity index (χ0v) is 16.9. The summed E-state index contributed by atoms with van der Waals surface area (Å²) >= 11 is 0. The normalized spacial score (nSPS) is 13.2. The third-order valence-corrected chi connectivity index (χ3v) is 8.61. The van der Waals surface area contributed by atoms with Crippen molar-refractivity contribution in [2.24, 2.45) is 0 Å². The van der Waals surface area contributed by atoms with Gasteiger partial charge in [-0.2, -0.15) is 0 Å². The molecular weight excluding hydrogens is 308 g/mol. The summed E-state index contributed by atoms with van der Waals surface area (Å²) in [5, 5.41) is 0.206. The molecule has 0 atom stereocenters. The van der Waals surface area contributed by atoms with E-state index < -0.39 is 13.9 Å². The van der Waals surface area contributed by atoms with Crippen LogP contribution in [0.5, 0.6) is 0 Å². The van der Waals surface area contributed by atoms with E-state index >= 15 is 0 Å². The Morgan fingerprint density at radius 2 is 1.65 bits per heavy atom. The summed E-state index contributed by atoms with van der Waals surface area (Å²) in [6.45, 7) is 17.4. The molecule has 4 nitrogen and oxygen atoms in total. The second-order valence-electron chi connectivity index (χ2n) is 8.49. The molecule has 0 aromatic carbocycles. The molecule has 23 heavy (non-hydrogen) atoms.